The molecule has 2 aliphatic rings. The Morgan fingerprint density at radius 3 is 2.57 bits per heavy atom. The molecule has 2 aromatic rings. The van der Waals surface area contributed by atoms with Crippen molar-refractivity contribution in [3.05, 3.63) is 50.9 Å². The van der Waals surface area contributed by atoms with E-state index >= 15 is 0 Å². The molecule has 0 aliphatic carbocycles. The number of carbonyl (C=O) groups is 2. The van der Waals surface area contributed by atoms with E-state index in [1.54, 1.807) is 19.3 Å². The molecule has 1 N–H and O–H groups in total. The van der Waals surface area contributed by atoms with Gasteiger partial charge >= 0.3 is 0 Å². The molecule has 7 nitrogen and oxygen atoms in total. The van der Waals surface area contributed by atoms with E-state index < -0.39 is 11.5 Å². The fourth-order valence-corrected chi connectivity index (χ4v) is 5.30. The van der Waals surface area contributed by atoms with Gasteiger partial charge in [0.05, 0.1) is 18.6 Å². The van der Waals surface area contributed by atoms with Gasteiger partial charge in [-0.2, -0.15) is 0 Å². The van der Waals surface area contributed by atoms with Crippen LogP contribution < -0.4 is 24.3 Å². The molecule has 8 heteroatoms. The SMILES string of the molecule is CCCCOc1c(C)c(C)c2c(c1C)CC[C@@](C)(COc1ccc(/C=C3/SC(=O)NC3=O)cc1OC)O2. The highest BCUT2D eigenvalue weighted by molar-refractivity contribution is 8.18. The number of imide groups is 1. The average molecular weight is 526 g/mol. The van der Waals surface area contributed by atoms with E-state index in [1.807, 2.05) is 12.1 Å². The van der Waals surface area contributed by atoms with Crippen LogP contribution in [0, 0.1) is 20.8 Å². The number of methoxy groups -OCH3 is 1. The highest BCUT2D eigenvalue weighted by Crippen LogP contribution is 2.44. The van der Waals surface area contributed by atoms with E-state index in [-0.39, 0.29) is 5.24 Å². The first kappa shape index (κ1) is 26.9. The number of hydrogen-bond acceptors (Lipinski definition) is 7. The van der Waals surface area contributed by atoms with Crippen LogP contribution in [0.3, 0.4) is 0 Å². The number of hydrogen-bond donors (Lipinski definition) is 1. The van der Waals surface area contributed by atoms with Gasteiger partial charge in [-0.25, -0.2) is 0 Å². The Balaban J connectivity index is 1.50. The molecular weight excluding hydrogens is 490 g/mol. The first-order chi connectivity index (χ1) is 17.7. The van der Waals surface area contributed by atoms with Crippen LogP contribution in [0.5, 0.6) is 23.0 Å². The van der Waals surface area contributed by atoms with Crippen LogP contribution >= 0.6 is 11.8 Å². The fourth-order valence-electron chi connectivity index (χ4n) is 4.61. The molecule has 1 saturated heterocycles. The summed E-state index contributed by atoms with van der Waals surface area (Å²) in [6.07, 6.45) is 5.50. The summed E-state index contributed by atoms with van der Waals surface area (Å²) in [5.41, 5.74) is 4.85. The molecule has 1 fully saturated rings. The number of benzene rings is 2. The number of amides is 2. The number of carbonyl (C=O) groups excluding carboxylic acids is 2. The van der Waals surface area contributed by atoms with E-state index in [2.05, 4.69) is 39.9 Å². The monoisotopic (exact) mass is 525 g/mol. The van der Waals surface area contributed by atoms with E-state index in [0.717, 1.165) is 72.2 Å². The normalized spacial score (nSPS) is 19.9. The topological polar surface area (TPSA) is 83.1 Å². The summed E-state index contributed by atoms with van der Waals surface area (Å²) < 4.78 is 24.5. The Morgan fingerprint density at radius 1 is 1.11 bits per heavy atom. The fraction of sp³-hybridized carbons (Fsp3) is 0.448. The lowest BCUT2D eigenvalue weighted by Crippen LogP contribution is -2.42. The van der Waals surface area contributed by atoms with Crippen LogP contribution in [-0.4, -0.2) is 37.1 Å². The van der Waals surface area contributed by atoms with Gasteiger partial charge in [0.1, 0.15) is 23.7 Å². The van der Waals surface area contributed by atoms with Crippen molar-refractivity contribution in [3.63, 3.8) is 0 Å². The molecule has 0 radical (unpaired) electrons. The zero-order chi connectivity index (χ0) is 26.7. The third-order valence-electron chi connectivity index (χ3n) is 6.97. The summed E-state index contributed by atoms with van der Waals surface area (Å²) in [5, 5.41) is 1.89. The van der Waals surface area contributed by atoms with Gasteiger partial charge in [0.15, 0.2) is 11.5 Å². The number of unbranched alkanes of at least 4 members (excludes halogenated alkanes) is 1. The molecule has 0 aromatic heterocycles. The van der Waals surface area contributed by atoms with Crippen molar-refractivity contribution in [2.75, 3.05) is 20.3 Å². The van der Waals surface area contributed by atoms with Crippen molar-refractivity contribution >= 4 is 29.0 Å². The van der Waals surface area contributed by atoms with E-state index in [0.29, 0.717) is 23.0 Å². The molecule has 198 valence electrons. The zero-order valence-electron chi connectivity index (χ0n) is 22.4. The largest absolute Gasteiger partial charge is 0.493 e. The van der Waals surface area contributed by atoms with Crippen molar-refractivity contribution in [1.82, 2.24) is 5.32 Å². The van der Waals surface area contributed by atoms with Crippen LogP contribution in [0.4, 0.5) is 4.79 Å². The summed E-state index contributed by atoms with van der Waals surface area (Å²) in [6.45, 7) is 11.6. The number of rotatable bonds is 9. The maximum Gasteiger partial charge on any atom is 0.290 e. The van der Waals surface area contributed by atoms with Gasteiger partial charge in [0, 0.05) is 5.56 Å². The molecule has 2 amide bonds. The minimum absolute atomic E-state index is 0.349. The number of fused-ring (bicyclic) bond motifs is 1. The average Bonchev–Trinajstić information content (AvgIpc) is 3.19. The molecule has 0 bridgehead atoms. The summed E-state index contributed by atoms with van der Waals surface area (Å²) in [4.78, 5) is 23.6. The Labute approximate surface area is 222 Å². The summed E-state index contributed by atoms with van der Waals surface area (Å²) in [6, 6.07) is 5.43. The van der Waals surface area contributed by atoms with E-state index in [1.165, 1.54) is 11.1 Å². The highest BCUT2D eigenvalue weighted by atomic mass is 32.2. The summed E-state index contributed by atoms with van der Waals surface area (Å²) in [7, 11) is 1.57. The van der Waals surface area contributed by atoms with Gasteiger partial charge in [-0.05, 0) is 99.2 Å². The zero-order valence-corrected chi connectivity index (χ0v) is 23.2. The first-order valence-corrected chi connectivity index (χ1v) is 13.5. The molecule has 0 unspecified atom stereocenters. The molecule has 2 heterocycles. The summed E-state index contributed by atoms with van der Waals surface area (Å²) >= 11 is 0.883. The molecule has 0 spiro atoms. The molecule has 2 aromatic carbocycles. The second-order valence-electron chi connectivity index (χ2n) is 9.82. The quantitative estimate of drug-likeness (QED) is 0.304. The maximum absolute atomic E-state index is 11.9. The summed E-state index contributed by atoms with van der Waals surface area (Å²) in [5.74, 6) is 2.67. The minimum atomic E-state index is -0.508. The second-order valence-corrected chi connectivity index (χ2v) is 10.8. The Kier molecular flexibility index (Phi) is 8.07. The lowest BCUT2D eigenvalue weighted by molar-refractivity contribution is -0.115. The highest BCUT2D eigenvalue weighted by Gasteiger charge is 2.36. The number of ether oxygens (including phenoxy) is 4. The van der Waals surface area contributed by atoms with Crippen LogP contribution in [-0.2, 0) is 11.2 Å². The Hall–Kier alpha value is -3.13. The first-order valence-electron chi connectivity index (χ1n) is 12.7. The lowest BCUT2D eigenvalue weighted by atomic mass is 9.87. The standard InChI is InChI=1S/C29H35NO6S/c1-7-8-13-34-25-17(2)18(3)26-21(19(25)4)11-12-29(5,36-26)16-35-22-10-9-20(14-23(22)33-6)15-24-27(31)30-28(32)37-24/h9-10,14-15H,7-8,11-13,16H2,1-6H3,(H,30,31,32)/b24-15+/t29-/m0/s1. The van der Waals surface area contributed by atoms with Crippen molar-refractivity contribution < 1.29 is 28.5 Å². The smallest absolute Gasteiger partial charge is 0.290 e. The predicted octanol–water partition coefficient (Wildman–Crippen LogP) is 6.29. The van der Waals surface area contributed by atoms with Gasteiger partial charge in [0.2, 0.25) is 0 Å². The van der Waals surface area contributed by atoms with Crippen LogP contribution in [0.2, 0.25) is 0 Å². The van der Waals surface area contributed by atoms with Crippen LogP contribution in [0.25, 0.3) is 6.08 Å². The molecule has 37 heavy (non-hydrogen) atoms. The maximum atomic E-state index is 11.9. The van der Waals surface area contributed by atoms with Crippen LogP contribution in [0.15, 0.2) is 23.1 Å². The van der Waals surface area contributed by atoms with Gasteiger partial charge < -0.3 is 18.9 Å². The lowest BCUT2D eigenvalue weighted by Gasteiger charge is -2.38. The second kappa shape index (κ2) is 11.1. The minimum Gasteiger partial charge on any atom is -0.493 e. The molecule has 1 atom stereocenters. The molecule has 0 saturated carbocycles. The van der Waals surface area contributed by atoms with E-state index in [9.17, 15) is 9.59 Å². The van der Waals surface area contributed by atoms with Crippen molar-refractivity contribution in [2.24, 2.45) is 0 Å². The van der Waals surface area contributed by atoms with E-state index in [4.69, 9.17) is 18.9 Å². The molecule has 4 rings (SSSR count). The molecule has 2 aliphatic heterocycles. The Morgan fingerprint density at radius 2 is 1.89 bits per heavy atom. The van der Waals surface area contributed by atoms with Crippen molar-refractivity contribution in [1.29, 1.82) is 0 Å². The van der Waals surface area contributed by atoms with Crippen LogP contribution in [0.1, 0.15) is 60.9 Å². The van der Waals surface area contributed by atoms with Crippen molar-refractivity contribution in [3.8, 4) is 23.0 Å². The predicted molar refractivity (Wildman–Crippen MR) is 146 cm³/mol. The van der Waals surface area contributed by atoms with Gasteiger partial charge in [-0.1, -0.05) is 19.4 Å². The van der Waals surface area contributed by atoms with Gasteiger partial charge in [0.25, 0.3) is 11.1 Å². The van der Waals surface area contributed by atoms with Crippen molar-refractivity contribution in [2.45, 2.75) is 65.9 Å². The van der Waals surface area contributed by atoms with Gasteiger partial charge in [-0.3, -0.25) is 14.9 Å². The number of thioether (sulfide) groups is 1. The Bertz CT molecular complexity index is 1250. The third kappa shape index (κ3) is 5.74. The molecular formula is C29H35NO6S. The van der Waals surface area contributed by atoms with Gasteiger partial charge in [-0.15, -0.1) is 0 Å². The third-order valence-corrected chi connectivity index (χ3v) is 7.78. The number of nitrogens with one attached hydrogen (secondary N) is 1.